The fourth-order valence-corrected chi connectivity index (χ4v) is 1.30. The Bertz CT molecular complexity index is 296. The van der Waals surface area contributed by atoms with Crippen LogP contribution < -0.4 is 0 Å². The Morgan fingerprint density at radius 2 is 2.15 bits per heavy atom. The number of aliphatic hydroxyl groups excluding tert-OH is 1. The van der Waals surface area contributed by atoms with Crippen molar-refractivity contribution in [3.8, 4) is 0 Å². The minimum absolute atomic E-state index is 0.0923. The summed E-state index contributed by atoms with van der Waals surface area (Å²) in [5, 5.41) is 8.63. The Morgan fingerprint density at radius 1 is 1.54 bits per heavy atom. The zero-order chi connectivity index (χ0) is 10.0. The fourth-order valence-electron chi connectivity index (χ4n) is 0.781. The third-order valence-electron chi connectivity index (χ3n) is 1.42. The number of alkyl halides is 2. The van der Waals surface area contributed by atoms with Gasteiger partial charge in [-0.3, -0.25) is 0 Å². The number of aromatic nitrogens is 1. The number of nitrogens with zero attached hydrogens (tertiary/aromatic N) is 1. The van der Waals surface area contributed by atoms with Gasteiger partial charge in [0.2, 0.25) is 0 Å². The van der Waals surface area contributed by atoms with Crippen molar-refractivity contribution in [1.29, 1.82) is 0 Å². The molecular weight excluding hydrogens is 251 g/mol. The van der Waals surface area contributed by atoms with Crippen LogP contribution in [-0.4, -0.2) is 10.1 Å². The van der Waals surface area contributed by atoms with E-state index in [1.807, 2.05) is 0 Å². The van der Waals surface area contributed by atoms with Crippen LogP contribution in [0.5, 0.6) is 0 Å². The Labute approximate surface area is 80.5 Å². The Hall–Kier alpha value is -0.620. The van der Waals surface area contributed by atoms with E-state index in [2.05, 4.69) is 20.9 Å². The highest BCUT2D eigenvalue weighted by molar-refractivity contribution is 9.10. The van der Waals surface area contributed by atoms with Gasteiger partial charge >= 0.3 is 0 Å². The molecule has 0 spiro atoms. The summed E-state index contributed by atoms with van der Waals surface area (Å²) in [4.78, 5) is 3.37. The molecule has 1 aromatic rings. The van der Waals surface area contributed by atoms with Crippen LogP contribution in [0.1, 0.15) is 17.7 Å². The molecule has 0 aliphatic rings. The number of hydrogen-bond donors (Lipinski definition) is 1. The summed E-state index contributed by atoms with van der Waals surface area (Å²) in [6, 6.07) is 0.612. The molecule has 1 heterocycles. The van der Waals surface area contributed by atoms with E-state index in [1.54, 1.807) is 0 Å². The van der Waals surface area contributed by atoms with Crippen LogP contribution in [0.15, 0.2) is 10.7 Å². The minimum atomic E-state index is -2.82. The first-order valence-corrected chi connectivity index (χ1v) is 4.09. The molecule has 2 nitrogen and oxygen atoms in total. The van der Waals surface area contributed by atoms with Crippen LogP contribution in [0.4, 0.5) is 13.2 Å². The molecule has 0 aromatic carbocycles. The molecular formula is C7H5BrF3NO. The van der Waals surface area contributed by atoms with Gasteiger partial charge in [0.1, 0.15) is 16.1 Å². The first-order chi connectivity index (χ1) is 6.06. The van der Waals surface area contributed by atoms with Gasteiger partial charge in [-0.2, -0.15) is 0 Å². The topological polar surface area (TPSA) is 33.1 Å². The predicted molar refractivity (Wildman–Crippen MR) is 42.8 cm³/mol. The lowest BCUT2D eigenvalue weighted by Gasteiger charge is -2.04. The molecule has 13 heavy (non-hydrogen) atoms. The second-order valence-electron chi connectivity index (χ2n) is 2.26. The molecule has 0 aliphatic heterocycles. The van der Waals surface area contributed by atoms with Crippen molar-refractivity contribution in [1.82, 2.24) is 4.98 Å². The molecule has 0 saturated heterocycles. The van der Waals surface area contributed by atoms with Crippen molar-refractivity contribution in [3.63, 3.8) is 0 Å². The maximum atomic E-state index is 12.9. The van der Waals surface area contributed by atoms with Gasteiger partial charge in [-0.25, -0.2) is 18.2 Å². The lowest BCUT2D eigenvalue weighted by atomic mass is 10.2. The minimum Gasteiger partial charge on any atom is -0.391 e. The third-order valence-corrected chi connectivity index (χ3v) is 2.08. The molecule has 0 fully saturated rings. The summed E-state index contributed by atoms with van der Waals surface area (Å²) < 4.78 is 36.9. The summed E-state index contributed by atoms with van der Waals surface area (Å²) in [6.45, 7) is -0.580. The number of rotatable bonds is 2. The molecule has 1 aromatic heterocycles. The Balaban J connectivity index is 3.20. The molecule has 72 valence electrons. The lowest BCUT2D eigenvalue weighted by Crippen LogP contribution is -1.99. The molecule has 1 rings (SSSR count). The highest BCUT2D eigenvalue weighted by Crippen LogP contribution is 2.24. The van der Waals surface area contributed by atoms with E-state index in [0.29, 0.717) is 6.07 Å². The first-order valence-electron chi connectivity index (χ1n) is 3.30. The van der Waals surface area contributed by atoms with Gasteiger partial charge in [0.05, 0.1) is 6.61 Å². The maximum Gasteiger partial charge on any atom is 0.280 e. The van der Waals surface area contributed by atoms with E-state index >= 15 is 0 Å². The maximum absolute atomic E-state index is 12.9. The number of hydrogen-bond acceptors (Lipinski definition) is 2. The first kappa shape index (κ1) is 10.5. The molecule has 0 radical (unpaired) electrons. The molecule has 6 heteroatoms. The number of halogens is 4. The van der Waals surface area contributed by atoms with Gasteiger partial charge < -0.3 is 5.11 Å². The second kappa shape index (κ2) is 4.06. The molecule has 0 bridgehead atoms. The largest absolute Gasteiger partial charge is 0.391 e. The standard InChI is InChI=1S/C7H5BrF3NO/c8-6-3(2-13)4(9)1-5(12-6)7(10)11/h1,7,13H,2H2. The molecule has 0 aliphatic carbocycles. The van der Waals surface area contributed by atoms with Crippen LogP contribution in [0, 0.1) is 5.82 Å². The van der Waals surface area contributed by atoms with Gasteiger partial charge in [-0.1, -0.05) is 0 Å². The quantitative estimate of drug-likeness (QED) is 0.824. The van der Waals surface area contributed by atoms with E-state index in [4.69, 9.17) is 5.11 Å². The summed E-state index contributed by atoms with van der Waals surface area (Å²) in [7, 11) is 0. The third kappa shape index (κ3) is 2.19. The second-order valence-corrected chi connectivity index (χ2v) is 3.01. The highest BCUT2D eigenvalue weighted by atomic mass is 79.9. The fraction of sp³-hybridized carbons (Fsp3) is 0.286. The van der Waals surface area contributed by atoms with Crippen molar-refractivity contribution in [3.05, 3.63) is 27.7 Å². The zero-order valence-electron chi connectivity index (χ0n) is 6.27. The monoisotopic (exact) mass is 255 g/mol. The molecule has 1 N–H and O–H groups in total. The normalized spacial score (nSPS) is 10.9. The van der Waals surface area contributed by atoms with Crippen molar-refractivity contribution < 1.29 is 18.3 Å². The van der Waals surface area contributed by atoms with Gasteiger partial charge in [0, 0.05) is 11.6 Å². The van der Waals surface area contributed by atoms with Crippen molar-refractivity contribution in [2.45, 2.75) is 13.0 Å². The van der Waals surface area contributed by atoms with Gasteiger partial charge in [0.25, 0.3) is 6.43 Å². The SMILES string of the molecule is OCc1c(F)cc(C(F)F)nc1Br. The van der Waals surface area contributed by atoms with E-state index in [9.17, 15) is 13.2 Å². The Morgan fingerprint density at radius 3 is 2.54 bits per heavy atom. The Kier molecular flexibility index (Phi) is 3.27. The molecule has 0 unspecified atom stereocenters. The zero-order valence-corrected chi connectivity index (χ0v) is 7.85. The molecule has 0 saturated carbocycles. The average Bonchev–Trinajstić information content (AvgIpc) is 2.03. The van der Waals surface area contributed by atoms with Crippen molar-refractivity contribution >= 4 is 15.9 Å². The summed E-state index contributed by atoms with van der Waals surface area (Å²) >= 11 is 2.78. The van der Waals surface area contributed by atoms with E-state index < -0.39 is 24.5 Å². The predicted octanol–water partition coefficient (Wildman–Crippen LogP) is 2.41. The van der Waals surface area contributed by atoms with E-state index in [0.717, 1.165) is 0 Å². The smallest absolute Gasteiger partial charge is 0.280 e. The van der Waals surface area contributed by atoms with Crippen molar-refractivity contribution in [2.24, 2.45) is 0 Å². The number of aliphatic hydroxyl groups is 1. The lowest BCUT2D eigenvalue weighted by molar-refractivity contribution is 0.145. The van der Waals surface area contributed by atoms with Gasteiger partial charge in [-0.05, 0) is 15.9 Å². The van der Waals surface area contributed by atoms with Crippen LogP contribution in [0.3, 0.4) is 0 Å². The van der Waals surface area contributed by atoms with E-state index in [-0.39, 0.29) is 10.2 Å². The van der Waals surface area contributed by atoms with Gasteiger partial charge in [0.15, 0.2) is 0 Å². The van der Waals surface area contributed by atoms with Crippen LogP contribution in [0.2, 0.25) is 0 Å². The summed E-state index contributed by atoms with van der Waals surface area (Å²) in [5.74, 6) is -0.889. The summed E-state index contributed by atoms with van der Waals surface area (Å²) in [6.07, 6.45) is -2.82. The van der Waals surface area contributed by atoms with Crippen LogP contribution in [-0.2, 0) is 6.61 Å². The molecule has 0 atom stereocenters. The van der Waals surface area contributed by atoms with Gasteiger partial charge in [-0.15, -0.1) is 0 Å². The number of pyridine rings is 1. The van der Waals surface area contributed by atoms with Crippen LogP contribution >= 0.6 is 15.9 Å². The highest BCUT2D eigenvalue weighted by Gasteiger charge is 2.15. The van der Waals surface area contributed by atoms with E-state index in [1.165, 1.54) is 0 Å². The van der Waals surface area contributed by atoms with Crippen molar-refractivity contribution in [2.75, 3.05) is 0 Å². The average molecular weight is 256 g/mol. The summed E-state index contributed by atoms with van der Waals surface area (Å²) in [5.41, 5.74) is -0.772. The molecule has 0 amide bonds. The van der Waals surface area contributed by atoms with Crippen LogP contribution in [0.25, 0.3) is 0 Å².